The van der Waals surface area contributed by atoms with Gasteiger partial charge in [0.25, 0.3) is 5.69 Å². The average molecular weight is 465 g/mol. The van der Waals surface area contributed by atoms with Crippen LogP contribution in [-0.2, 0) is 6.61 Å². The van der Waals surface area contributed by atoms with Gasteiger partial charge in [0, 0.05) is 16.6 Å². The van der Waals surface area contributed by atoms with E-state index in [1.54, 1.807) is 37.5 Å². The van der Waals surface area contributed by atoms with Crippen molar-refractivity contribution in [3.8, 4) is 17.6 Å². The fourth-order valence-electron chi connectivity index (χ4n) is 2.77. The Labute approximate surface area is 182 Å². The first-order valence-electron chi connectivity index (χ1n) is 8.92. The van der Waals surface area contributed by atoms with E-state index in [0.717, 1.165) is 10.0 Å². The largest absolute Gasteiger partial charge is 0.493 e. The second-order valence-electron chi connectivity index (χ2n) is 6.27. The van der Waals surface area contributed by atoms with Crippen molar-refractivity contribution >= 4 is 33.3 Å². The lowest BCUT2D eigenvalue weighted by Gasteiger charge is -2.13. The summed E-state index contributed by atoms with van der Waals surface area (Å²) in [5.41, 5.74) is 2.67. The number of hydrogen-bond acceptors (Lipinski definition) is 5. The van der Waals surface area contributed by atoms with Gasteiger partial charge in [0.15, 0.2) is 11.5 Å². The van der Waals surface area contributed by atoms with Gasteiger partial charge in [-0.15, -0.1) is 0 Å². The minimum Gasteiger partial charge on any atom is -0.493 e. The van der Waals surface area contributed by atoms with Gasteiger partial charge in [0.2, 0.25) is 0 Å². The molecule has 0 N–H and O–H groups in total. The summed E-state index contributed by atoms with van der Waals surface area (Å²) < 4.78 is 12.1. The zero-order chi connectivity index (χ0) is 21.5. The van der Waals surface area contributed by atoms with Crippen molar-refractivity contribution < 1.29 is 14.4 Å². The fourth-order valence-corrected chi connectivity index (χ4v) is 3.20. The molecule has 0 spiro atoms. The van der Waals surface area contributed by atoms with Crippen LogP contribution in [-0.4, -0.2) is 12.0 Å². The van der Waals surface area contributed by atoms with Gasteiger partial charge in [-0.3, -0.25) is 10.1 Å². The van der Waals surface area contributed by atoms with E-state index in [0.29, 0.717) is 34.8 Å². The Morgan fingerprint density at radius 3 is 2.43 bits per heavy atom. The van der Waals surface area contributed by atoms with Gasteiger partial charge in [-0.25, -0.2) is 0 Å². The smallest absolute Gasteiger partial charge is 0.269 e. The number of ether oxygens (including phenoxy) is 2. The van der Waals surface area contributed by atoms with Gasteiger partial charge in [-0.1, -0.05) is 46.3 Å². The van der Waals surface area contributed by atoms with Crippen molar-refractivity contribution in [3.05, 3.63) is 98.0 Å². The number of methoxy groups -OCH3 is 1. The number of benzene rings is 3. The summed E-state index contributed by atoms with van der Waals surface area (Å²) in [5, 5.41) is 20.4. The second kappa shape index (κ2) is 9.72. The third kappa shape index (κ3) is 5.04. The first kappa shape index (κ1) is 21.1. The van der Waals surface area contributed by atoms with Gasteiger partial charge < -0.3 is 9.47 Å². The van der Waals surface area contributed by atoms with E-state index in [1.807, 2.05) is 30.3 Å². The Morgan fingerprint density at radius 2 is 1.83 bits per heavy atom. The molecule has 0 fully saturated rings. The van der Waals surface area contributed by atoms with Crippen molar-refractivity contribution in [1.82, 2.24) is 0 Å². The van der Waals surface area contributed by atoms with Crippen molar-refractivity contribution in [3.63, 3.8) is 0 Å². The van der Waals surface area contributed by atoms with E-state index >= 15 is 0 Å². The van der Waals surface area contributed by atoms with Crippen LogP contribution >= 0.6 is 15.9 Å². The molecular formula is C23H17BrN2O4. The molecule has 0 saturated carbocycles. The first-order valence-corrected chi connectivity index (χ1v) is 9.72. The minimum absolute atomic E-state index is 0.0289. The lowest BCUT2D eigenvalue weighted by Crippen LogP contribution is -1.98. The summed E-state index contributed by atoms with van der Waals surface area (Å²) in [6, 6.07) is 21.3. The Morgan fingerprint density at radius 1 is 1.13 bits per heavy atom. The zero-order valence-electron chi connectivity index (χ0n) is 16.0. The molecule has 0 saturated heterocycles. The minimum atomic E-state index is -0.477. The standard InChI is InChI=1S/C23H17BrN2O4/c1-29-22-12-18(11-19(14-25)17-7-9-20(10-8-17)26(27)28)21(24)13-23(22)30-15-16-5-3-2-4-6-16/h2-13H,15H2,1H3/b19-11-. The Balaban J connectivity index is 1.89. The van der Waals surface area contributed by atoms with E-state index in [4.69, 9.17) is 9.47 Å². The van der Waals surface area contributed by atoms with Crippen LogP contribution in [0, 0.1) is 21.4 Å². The lowest BCUT2D eigenvalue weighted by molar-refractivity contribution is -0.384. The number of nitrogens with zero attached hydrogens (tertiary/aromatic N) is 2. The third-order valence-electron chi connectivity index (χ3n) is 4.33. The summed E-state index contributed by atoms with van der Waals surface area (Å²) in [4.78, 5) is 10.4. The molecule has 30 heavy (non-hydrogen) atoms. The lowest BCUT2D eigenvalue weighted by atomic mass is 10.0. The van der Waals surface area contributed by atoms with E-state index in [2.05, 4.69) is 22.0 Å². The molecule has 0 heterocycles. The number of nitro benzene ring substituents is 1. The van der Waals surface area contributed by atoms with Crippen molar-refractivity contribution in [2.75, 3.05) is 7.11 Å². The van der Waals surface area contributed by atoms with Crippen molar-refractivity contribution in [2.24, 2.45) is 0 Å². The Kier molecular flexibility index (Phi) is 6.83. The molecule has 3 rings (SSSR count). The summed E-state index contributed by atoms with van der Waals surface area (Å²) in [7, 11) is 1.55. The highest BCUT2D eigenvalue weighted by molar-refractivity contribution is 9.10. The average Bonchev–Trinajstić information content (AvgIpc) is 2.77. The van der Waals surface area contributed by atoms with E-state index < -0.39 is 4.92 Å². The molecule has 3 aromatic carbocycles. The molecular weight excluding hydrogens is 448 g/mol. The Bertz CT molecular complexity index is 1120. The monoisotopic (exact) mass is 464 g/mol. The maximum absolute atomic E-state index is 10.8. The number of hydrogen-bond donors (Lipinski definition) is 0. The van der Waals surface area contributed by atoms with Crippen LogP contribution in [0.4, 0.5) is 5.69 Å². The van der Waals surface area contributed by atoms with Crippen LogP contribution in [0.25, 0.3) is 11.6 Å². The van der Waals surface area contributed by atoms with Gasteiger partial charge in [-0.2, -0.15) is 5.26 Å². The normalized spacial score (nSPS) is 10.9. The molecule has 0 radical (unpaired) electrons. The van der Waals surface area contributed by atoms with Crippen molar-refractivity contribution in [1.29, 1.82) is 5.26 Å². The number of rotatable bonds is 7. The number of allylic oxidation sites excluding steroid dienone is 1. The van der Waals surface area contributed by atoms with Gasteiger partial charge in [0.1, 0.15) is 6.61 Å². The van der Waals surface area contributed by atoms with E-state index in [-0.39, 0.29) is 5.69 Å². The molecule has 0 bridgehead atoms. The molecule has 0 amide bonds. The molecule has 7 heteroatoms. The van der Waals surface area contributed by atoms with Crippen LogP contribution in [0.1, 0.15) is 16.7 Å². The van der Waals surface area contributed by atoms with E-state index in [1.165, 1.54) is 12.1 Å². The van der Waals surface area contributed by atoms with Crippen LogP contribution in [0.3, 0.4) is 0 Å². The molecule has 0 atom stereocenters. The molecule has 0 unspecified atom stereocenters. The summed E-state index contributed by atoms with van der Waals surface area (Å²) in [6.07, 6.45) is 1.69. The van der Waals surface area contributed by atoms with Gasteiger partial charge in [0.05, 0.1) is 23.7 Å². The Hall–Kier alpha value is -3.63. The predicted molar refractivity (Wildman–Crippen MR) is 118 cm³/mol. The highest BCUT2D eigenvalue weighted by Crippen LogP contribution is 2.36. The van der Waals surface area contributed by atoms with Gasteiger partial charge in [-0.05, 0) is 47.0 Å². The van der Waals surface area contributed by atoms with Crippen molar-refractivity contribution in [2.45, 2.75) is 6.61 Å². The predicted octanol–water partition coefficient (Wildman–Crippen LogP) is 6.01. The van der Waals surface area contributed by atoms with Crippen LogP contribution in [0.2, 0.25) is 0 Å². The fraction of sp³-hybridized carbons (Fsp3) is 0.0870. The summed E-state index contributed by atoms with van der Waals surface area (Å²) in [6.45, 7) is 0.394. The summed E-state index contributed by atoms with van der Waals surface area (Å²) in [5.74, 6) is 1.10. The SMILES string of the molecule is COc1cc(/C=C(/C#N)c2ccc([N+](=O)[O-])cc2)c(Br)cc1OCc1ccccc1. The number of nitriles is 1. The molecule has 0 aliphatic rings. The quantitative estimate of drug-likeness (QED) is 0.185. The molecule has 0 aromatic heterocycles. The number of nitro groups is 1. The first-order chi connectivity index (χ1) is 14.5. The number of non-ortho nitro benzene ring substituents is 1. The molecule has 6 nitrogen and oxygen atoms in total. The molecule has 0 aliphatic heterocycles. The third-order valence-corrected chi connectivity index (χ3v) is 5.02. The highest BCUT2D eigenvalue weighted by atomic mass is 79.9. The van der Waals surface area contributed by atoms with E-state index in [9.17, 15) is 15.4 Å². The highest BCUT2D eigenvalue weighted by Gasteiger charge is 2.12. The summed E-state index contributed by atoms with van der Waals surface area (Å²) >= 11 is 3.52. The number of halogens is 1. The molecule has 3 aromatic rings. The zero-order valence-corrected chi connectivity index (χ0v) is 17.6. The maximum Gasteiger partial charge on any atom is 0.269 e. The van der Waals surface area contributed by atoms with Gasteiger partial charge >= 0.3 is 0 Å². The van der Waals surface area contributed by atoms with Crippen LogP contribution in [0.5, 0.6) is 11.5 Å². The maximum atomic E-state index is 10.8. The topological polar surface area (TPSA) is 85.4 Å². The van der Waals surface area contributed by atoms with Crippen LogP contribution < -0.4 is 9.47 Å². The van der Waals surface area contributed by atoms with Crippen LogP contribution in [0.15, 0.2) is 71.2 Å². The second-order valence-corrected chi connectivity index (χ2v) is 7.13. The molecule has 0 aliphatic carbocycles. The molecule has 150 valence electrons.